The average Bonchev–Trinajstić information content (AvgIpc) is 3.05. The molecular formula is C14H11N5O. The molecule has 3 rings (SSSR count). The topological polar surface area (TPSA) is 86.5 Å². The third-order valence-electron chi connectivity index (χ3n) is 3.15. The molecule has 6 nitrogen and oxygen atoms in total. The Labute approximate surface area is 114 Å². The summed E-state index contributed by atoms with van der Waals surface area (Å²) in [7, 11) is 1.92. The Morgan fingerprint density at radius 2 is 2.30 bits per heavy atom. The van der Waals surface area contributed by atoms with E-state index in [0.717, 1.165) is 10.9 Å². The van der Waals surface area contributed by atoms with Crippen molar-refractivity contribution in [3.63, 3.8) is 0 Å². The number of fused-ring (bicyclic) bond motifs is 1. The van der Waals surface area contributed by atoms with Gasteiger partial charge in [0.15, 0.2) is 0 Å². The summed E-state index contributed by atoms with van der Waals surface area (Å²) in [5.41, 5.74) is 1.80. The molecule has 0 unspecified atom stereocenters. The van der Waals surface area contributed by atoms with Crippen LogP contribution < -0.4 is 5.32 Å². The molecule has 1 amide bonds. The smallest absolute Gasteiger partial charge is 0.256 e. The highest BCUT2D eigenvalue weighted by atomic mass is 16.1. The first kappa shape index (κ1) is 12.0. The quantitative estimate of drug-likeness (QED) is 0.743. The molecule has 0 spiro atoms. The zero-order chi connectivity index (χ0) is 14.1. The first-order chi connectivity index (χ1) is 9.69. The number of aromatic nitrogens is 3. The summed E-state index contributed by atoms with van der Waals surface area (Å²) >= 11 is 0. The van der Waals surface area contributed by atoms with E-state index in [0.29, 0.717) is 16.9 Å². The van der Waals surface area contributed by atoms with E-state index >= 15 is 0 Å². The molecule has 6 heteroatoms. The van der Waals surface area contributed by atoms with Crippen molar-refractivity contribution in [3.05, 3.63) is 47.8 Å². The van der Waals surface area contributed by atoms with Crippen molar-refractivity contribution in [1.82, 2.24) is 14.8 Å². The number of rotatable bonds is 2. The predicted molar refractivity (Wildman–Crippen MR) is 74.2 cm³/mol. The van der Waals surface area contributed by atoms with Crippen molar-refractivity contribution >= 4 is 22.6 Å². The highest BCUT2D eigenvalue weighted by Crippen LogP contribution is 2.18. The number of amides is 1. The number of carbonyl (C=O) groups excluding carboxylic acids is 1. The minimum atomic E-state index is -0.283. The van der Waals surface area contributed by atoms with Gasteiger partial charge < -0.3 is 9.88 Å². The molecule has 0 aliphatic carbocycles. The normalized spacial score (nSPS) is 10.4. The molecule has 0 atom stereocenters. The lowest BCUT2D eigenvalue weighted by Crippen LogP contribution is -2.13. The van der Waals surface area contributed by atoms with E-state index in [1.807, 2.05) is 42.1 Å². The van der Waals surface area contributed by atoms with Crippen LogP contribution in [0.3, 0.4) is 0 Å². The summed E-state index contributed by atoms with van der Waals surface area (Å²) in [5, 5.41) is 18.9. The van der Waals surface area contributed by atoms with Gasteiger partial charge in [-0.05, 0) is 23.6 Å². The Hall–Kier alpha value is -3.07. The number of H-pyrrole nitrogens is 1. The Morgan fingerprint density at radius 3 is 3.10 bits per heavy atom. The van der Waals surface area contributed by atoms with Crippen LogP contribution in [0.5, 0.6) is 0 Å². The molecule has 0 radical (unpaired) electrons. The minimum absolute atomic E-state index is 0.283. The van der Waals surface area contributed by atoms with E-state index < -0.39 is 0 Å². The van der Waals surface area contributed by atoms with E-state index in [4.69, 9.17) is 5.26 Å². The van der Waals surface area contributed by atoms with Crippen molar-refractivity contribution in [2.24, 2.45) is 7.05 Å². The fraction of sp³-hybridized carbons (Fsp3) is 0.0714. The molecule has 2 N–H and O–H groups in total. The molecule has 20 heavy (non-hydrogen) atoms. The molecule has 0 fully saturated rings. The lowest BCUT2D eigenvalue weighted by atomic mass is 10.1. The highest BCUT2D eigenvalue weighted by Gasteiger charge is 2.11. The fourth-order valence-electron chi connectivity index (χ4n) is 2.06. The lowest BCUT2D eigenvalue weighted by molar-refractivity contribution is 0.102. The van der Waals surface area contributed by atoms with Gasteiger partial charge in [-0.1, -0.05) is 6.07 Å². The number of hydrogen-bond acceptors (Lipinski definition) is 3. The Kier molecular flexibility index (Phi) is 2.73. The van der Waals surface area contributed by atoms with Gasteiger partial charge >= 0.3 is 0 Å². The van der Waals surface area contributed by atoms with Crippen LogP contribution in [-0.4, -0.2) is 20.7 Å². The molecule has 0 aliphatic rings. The summed E-state index contributed by atoms with van der Waals surface area (Å²) in [6, 6.07) is 9.39. The number of aryl methyl sites for hydroxylation is 1. The molecule has 0 bridgehead atoms. The maximum Gasteiger partial charge on any atom is 0.256 e. The zero-order valence-corrected chi connectivity index (χ0v) is 10.7. The number of anilines is 1. The SMILES string of the molecule is Cn1ccc2ccc(C(=O)Nc3[nH]ncc3C#N)cc21. The first-order valence-electron chi connectivity index (χ1n) is 5.99. The standard InChI is InChI=1S/C14H11N5O/c1-19-5-4-9-2-3-10(6-12(9)19)14(20)17-13-11(7-15)8-16-18-13/h2-6,8H,1H3,(H2,16,17,18,20). The number of hydrogen-bond donors (Lipinski definition) is 2. The van der Waals surface area contributed by atoms with Gasteiger partial charge in [0.25, 0.3) is 5.91 Å². The summed E-state index contributed by atoms with van der Waals surface area (Å²) < 4.78 is 1.95. The summed E-state index contributed by atoms with van der Waals surface area (Å²) in [4.78, 5) is 12.2. The van der Waals surface area contributed by atoms with Crippen molar-refractivity contribution < 1.29 is 4.79 Å². The molecule has 2 heterocycles. The van der Waals surface area contributed by atoms with E-state index in [-0.39, 0.29) is 5.91 Å². The van der Waals surface area contributed by atoms with Crippen molar-refractivity contribution in [1.29, 1.82) is 5.26 Å². The third-order valence-corrected chi connectivity index (χ3v) is 3.15. The molecule has 0 saturated heterocycles. The van der Waals surface area contributed by atoms with Crippen molar-refractivity contribution in [3.8, 4) is 6.07 Å². The van der Waals surface area contributed by atoms with Crippen molar-refractivity contribution in [2.45, 2.75) is 0 Å². The summed E-state index contributed by atoms with van der Waals surface area (Å²) in [6.45, 7) is 0. The van der Waals surface area contributed by atoms with Crippen LogP contribution in [0.2, 0.25) is 0 Å². The number of benzene rings is 1. The van der Waals surface area contributed by atoms with Gasteiger partial charge in [0, 0.05) is 24.3 Å². The third kappa shape index (κ3) is 1.91. The van der Waals surface area contributed by atoms with Crippen LogP contribution in [0.25, 0.3) is 10.9 Å². The van der Waals surface area contributed by atoms with Gasteiger partial charge in [-0.25, -0.2) is 0 Å². The predicted octanol–water partition coefficient (Wildman–Crippen LogP) is 2.03. The van der Waals surface area contributed by atoms with Crippen LogP contribution in [0, 0.1) is 11.3 Å². The second kappa shape index (κ2) is 4.55. The Morgan fingerprint density at radius 1 is 1.45 bits per heavy atom. The molecular weight excluding hydrogens is 254 g/mol. The lowest BCUT2D eigenvalue weighted by Gasteiger charge is -2.04. The minimum Gasteiger partial charge on any atom is -0.351 e. The summed E-state index contributed by atoms with van der Waals surface area (Å²) in [5.74, 6) is 0.0262. The maximum atomic E-state index is 12.2. The van der Waals surface area contributed by atoms with Gasteiger partial charge in [-0.3, -0.25) is 9.89 Å². The monoisotopic (exact) mass is 265 g/mol. The Bertz CT molecular complexity index is 837. The number of nitrogens with one attached hydrogen (secondary N) is 2. The number of nitriles is 1. The average molecular weight is 265 g/mol. The van der Waals surface area contributed by atoms with Crippen LogP contribution in [0.1, 0.15) is 15.9 Å². The highest BCUT2D eigenvalue weighted by molar-refractivity contribution is 6.06. The molecule has 3 aromatic rings. The molecule has 0 saturated carbocycles. The Balaban J connectivity index is 1.93. The van der Waals surface area contributed by atoms with Gasteiger partial charge in [-0.2, -0.15) is 10.4 Å². The van der Waals surface area contributed by atoms with Gasteiger partial charge in [0.1, 0.15) is 17.5 Å². The van der Waals surface area contributed by atoms with Crippen LogP contribution >= 0.6 is 0 Å². The molecule has 0 aliphatic heterocycles. The van der Waals surface area contributed by atoms with Gasteiger partial charge in [0.2, 0.25) is 0 Å². The number of aromatic amines is 1. The van der Waals surface area contributed by atoms with E-state index in [9.17, 15) is 4.79 Å². The zero-order valence-electron chi connectivity index (χ0n) is 10.7. The first-order valence-corrected chi connectivity index (χ1v) is 5.99. The molecule has 2 aromatic heterocycles. The molecule has 98 valence electrons. The maximum absolute atomic E-state index is 12.2. The van der Waals surface area contributed by atoms with Crippen LogP contribution in [-0.2, 0) is 7.05 Å². The van der Waals surface area contributed by atoms with Crippen LogP contribution in [0.15, 0.2) is 36.7 Å². The second-order valence-corrected chi connectivity index (χ2v) is 4.42. The number of nitrogens with zero attached hydrogens (tertiary/aromatic N) is 3. The second-order valence-electron chi connectivity index (χ2n) is 4.42. The van der Waals surface area contributed by atoms with Gasteiger partial charge in [-0.15, -0.1) is 0 Å². The van der Waals surface area contributed by atoms with Crippen LogP contribution in [0.4, 0.5) is 5.82 Å². The van der Waals surface area contributed by atoms with Crippen molar-refractivity contribution in [2.75, 3.05) is 5.32 Å². The fourth-order valence-corrected chi connectivity index (χ4v) is 2.06. The van der Waals surface area contributed by atoms with E-state index in [1.165, 1.54) is 6.20 Å². The van der Waals surface area contributed by atoms with E-state index in [2.05, 4.69) is 15.5 Å². The largest absolute Gasteiger partial charge is 0.351 e. The van der Waals surface area contributed by atoms with E-state index in [1.54, 1.807) is 6.07 Å². The van der Waals surface area contributed by atoms with Gasteiger partial charge in [0.05, 0.1) is 6.20 Å². The molecule has 1 aromatic carbocycles. The summed E-state index contributed by atoms with van der Waals surface area (Å²) in [6.07, 6.45) is 3.31. The number of carbonyl (C=O) groups is 1.